The number of furan rings is 1. The molecule has 0 aliphatic heterocycles. The van der Waals surface area contributed by atoms with Crippen molar-refractivity contribution in [2.45, 2.75) is 19.5 Å². The third-order valence-electron chi connectivity index (χ3n) is 3.19. The fourth-order valence-corrected chi connectivity index (χ4v) is 2.48. The van der Waals surface area contributed by atoms with Gasteiger partial charge >= 0.3 is 0 Å². The zero-order valence-electron chi connectivity index (χ0n) is 11.1. The Morgan fingerprint density at radius 3 is 3.10 bits per heavy atom. The van der Waals surface area contributed by atoms with E-state index in [4.69, 9.17) is 4.42 Å². The van der Waals surface area contributed by atoms with E-state index in [0.29, 0.717) is 0 Å². The van der Waals surface area contributed by atoms with Gasteiger partial charge in [0.05, 0.1) is 18.8 Å². The van der Waals surface area contributed by atoms with Crippen molar-refractivity contribution in [3.8, 4) is 0 Å². The third-order valence-corrected chi connectivity index (χ3v) is 3.68. The summed E-state index contributed by atoms with van der Waals surface area (Å²) in [6.07, 6.45) is 3.53. The Kier molecular flexibility index (Phi) is 3.84. The molecule has 1 unspecified atom stereocenters. The Labute approximate surface area is 125 Å². The van der Waals surface area contributed by atoms with Crippen LogP contribution in [0.15, 0.2) is 45.5 Å². The highest BCUT2D eigenvalue weighted by molar-refractivity contribution is 9.10. The summed E-state index contributed by atoms with van der Waals surface area (Å²) in [6, 6.07) is 8.26. The van der Waals surface area contributed by atoms with Gasteiger partial charge in [0.25, 0.3) is 0 Å². The predicted molar refractivity (Wildman–Crippen MR) is 80.4 cm³/mol. The van der Waals surface area contributed by atoms with Crippen molar-refractivity contribution in [3.63, 3.8) is 0 Å². The molecule has 0 radical (unpaired) electrons. The average Bonchev–Trinajstić information content (AvgIpc) is 3.06. The Morgan fingerprint density at radius 1 is 1.40 bits per heavy atom. The predicted octanol–water partition coefficient (Wildman–Crippen LogP) is 3.14. The van der Waals surface area contributed by atoms with E-state index < -0.39 is 0 Å². The molecule has 0 amide bonds. The van der Waals surface area contributed by atoms with Gasteiger partial charge < -0.3 is 9.73 Å². The number of aromatic nitrogens is 3. The standard InChI is InChI=1S/C14H15BrN4O/c1-10(16-4-6-19-7-5-17-18-19)14-9-11-8-12(15)2-3-13(11)20-14/h2-3,5,7-10,16H,4,6H2,1H3. The first-order chi connectivity index (χ1) is 9.72. The maximum atomic E-state index is 5.85. The van der Waals surface area contributed by atoms with E-state index >= 15 is 0 Å². The van der Waals surface area contributed by atoms with Crippen LogP contribution in [0.5, 0.6) is 0 Å². The van der Waals surface area contributed by atoms with Gasteiger partial charge in [0, 0.05) is 22.6 Å². The maximum Gasteiger partial charge on any atom is 0.134 e. The van der Waals surface area contributed by atoms with Gasteiger partial charge in [0.15, 0.2) is 0 Å². The van der Waals surface area contributed by atoms with Crippen molar-refractivity contribution in [2.75, 3.05) is 6.54 Å². The van der Waals surface area contributed by atoms with E-state index in [0.717, 1.165) is 34.3 Å². The molecule has 0 spiro atoms. The summed E-state index contributed by atoms with van der Waals surface area (Å²) in [5, 5.41) is 12.2. The molecular formula is C14H15BrN4O. The molecule has 2 heterocycles. The number of fused-ring (bicyclic) bond motifs is 1. The topological polar surface area (TPSA) is 55.9 Å². The summed E-state index contributed by atoms with van der Waals surface area (Å²) < 4.78 is 8.71. The van der Waals surface area contributed by atoms with Gasteiger partial charge in [-0.25, -0.2) is 0 Å². The largest absolute Gasteiger partial charge is 0.459 e. The Balaban J connectivity index is 1.64. The fourth-order valence-electron chi connectivity index (χ4n) is 2.10. The number of rotatable bonds is 5. The zero-order valence-corrected chi connectivity index (χ0v) is 12.7. The summed E-state index contributed by atoms with van der Waals surface area (Å²) in [7, 11) is 0. The first kappa shape index (κ1) is 13.3. The summed E-state index contributed by atoms with van der Waals surface area (Å²) in [4.78, 5) is 0. The minimum absolute atomic E-state index is 0.157. The van der Waals surface area contributed by atoms with Gasteiger partial charge in [-0.1, -0.05) is 21.1 Å². The first-order valence-electron chi connectivity index (χ1n) is 6.49. The molecule has 0 saturated carbocycles. The molecule has 104 valence electrons. The number of halogens is 1. The van der Waals surface area contributed by atoms with Crippen molar-refractivity contribution in [1.29, 1.82) is 0 Å². The Hall–Kier alpha value is -1.66. The summed E-state index contributed by atoms with van der Waals surface area (Å²) >= 11 is 3.47. The molecule has 2 aromatic heterocycles. The third kappa shape index (κ3) is 2.91. The highest BCUT2D eigenvalue weighted by Crippen LogP contribution is 2.26. The number of nitrogens with one attached hydrogen (secondary N) is 1. The van der Waals surface area contributed by atoms with E-state index in [1.54, 1.807) is 10.9 Å². The molecule has 1 aromatic carbocycles. The van der Waals surface area contributed by atoms with E-state index in [-0.39, 0.29) is 6.04 Å². The van der Waals surface area contributed by atoms with Crippen molar-refractivity contribution < 1.29 is 4.42 Å². The van der Waals surface area contributed by atoms with Crippen LogP contribution in [0, 0.1) is 0 Å². The van der Waals surface area contributed by atoms with E-state index in [9.17, 15) is 0 Å². The molecule has 1 atom stereocenters. The van der Waals surface area contributed by atoms with Crippen molar-refractivity contribution >= 4 is 26.9 Å². The van der Waals surface area contributed by atoms with Crippen molar-refractivity contribution in [3.05, 3.63) is 46.9 Å². The number of nitrogens with zero attached hydrogens (tertiary/aromatic N) is 3. The number of benzene rings is 1. The van der Waals surface area contributed by atoms with Crippen LogP contribution >= 0.6 is 15.9 Å². The van der Waals surface area contributed by atoms with Crippen LogP contribution in [-0.2, 0) is 6.54 Å². The van der Waals surface area contributed by atoms with Crippen LogP contribution in [0.4, 0.5) is 0 Å². The number of hydrogen-bond donors (Lipinski definition) is 1. The molecule has 0 saturated heterocycles. The Morgan fingerprint density at radius 2 is 2.30 bits per heavy atom. The fraction of sp³-hybridized carbons (Fsp3) is 0.286. The molecule has 0 aliphatic rings. The number of hydrogen-bond acceptors (Lipinski definition) is 4. The van der Waals surface area contributed by atoms with Crippen LogP contribution in [-0.4, -0.2) is 21.5 Å². The smallest absolute Gasteiger partial charge is 0.134 e. The molecule has 5 nitrogen and oxygen atoms in total. The van der Waals surface area contributed by atoms with Crippen LogP contribution in [0.25, 0.3) is 11.0 Å². The molecule has 3 aromatic rings. The average molecular weight is 335 g/mol. The van der Waals surface area contributed by atoms with Crippen molar-refractivity contribution in [1.82, 2.24) is 20.3 Å². The van der Waals surface area contributed by atoms with Gasteiger partial charge in [-0.2, -0.15) is 0 Å². The lowest BCUT2D eigenvalue weighted by atomic mass is 10.2. The van der Waals surface area contributed by atoms with E-state index in [1.807, 2.05) is 18.3 Å². The molecule has 0 aliphatic carbocycles. The normalized spacial score (nSPS) is 12.9. The second kappa shape index (κ2) is 5.76. The molecular weight excluding hydrogens is 320 g/mol. The summed E-state index contributed by atoms with van der Waals surface area (Å²) in [6.45, 7) is 3.69. The van der Waals surface area contributed by atoms with Crippen molar-refractivity contribution in [2.24, 2.45) is 0 Å². The van der Waals surface area contributed by atoms with Gasteiger partial charge in [0.2, 0.25) is 0 Å². The maximum absolute atomic E-state index is 5.85. The van der Waals surface area contributed by atoms with E-state index in [1.165, 1.54) is 0 Å². The quantitative estimate of drug-likeness (QED) is 0.778. The second-order valence-electron chi connectivity index (χ2n) is 4.67. The zero-order chi connectivity index (χ0) is 13.9. The van der Waals surface area contributed by atoms with Gasteiger partial charge in [-0.15, -0.1) is 5.10 Å². The monoisotopic (exact) mass is 334 g/mol. The van der Waals surface area contributed by atoms with E-state index in [2.05, 4.69) is 50.6 Å². The van der Waals surface area contributed by atoms with Gasteiger partial charge in [-0.3, -0.25) is 4.68 Å². The molecule has 20 heavy (non-hydrogen) atoms. The van der Waals surface area contributed by atoms with Crippen LogP contribution in [0.1, 0.15) is 18.7 Å². The lowest BCUT2D eigenvalue weighted by Gasteiger charge is -2.10. The van der Waals surface area contributed by atoms with Crippen LogP contribution < -0.4 is 5.32 Å². The minimum atomic E-state index is 0.157. The molecule has 6 heteroatoms. The minimum Gasteiger partial charge on any atom is -0.459 e. The van der Waals surface area contributed by atoms with Gasteiger partial charge in [-0.05, 0) is 31.2 Å². The molecule has 3 rings (SSSR count). The lowest BCUT2D eigenvalue weighted by molar-refractivity contribution is 0.433. The Bertz CT molecular complexity index is 692. The second-order valence-corrected chi connectivity index (χ2v) is 5.59. The lowest BCUT2D eigenvalue weighted by Crippen LogP contribution is -2.23. The highest BCUT2D eigenvalue weighted by Gasteiger charge is 2.11. The van der Waals surface area contributed by atoms with Crippen LogP contribution in [0.2, 0.25) is 0 Å². The molecule has 1 N–H and O–H groups in total. The highest BCUT2D eigenvalue weighted by atomic mass is 79.9. The first-order valence-corrected chi connectivity index (χ1v) is 7.28. The van der Waals surface area contributed by atoms with Gasteiger partial charge in [0.1, 0.15) is 11.3 Å². The SMILES string of the molecule is CC(NCCn1ccnn1)c1cc2cc(Br)ccc2o1. The van der Waals surface area contributed by atoms with Crippen LogP contribution in [0.3, 0.4) is 0 Å². The summed E-state index contributed by atoms with van der Waals surface area (Å²) in [5.74, 6) is 0.941. The molecule has 0 fully saturated rings. The summed E-state index contributed by atoms with van der Waals surface area (Å²) in [5.41, 5.74) is 0.910. The molecule has 0 bridgehead atoms.